The Bertz CT molecular complexity index is 650. The van der Waals surface area contributed by atoms with Gasteiger partial charge in [-0.1, -0.05) is 142 Å². The maximum Gasteiger partial charge on any atom is 0.472 e. The molecule has 0 heterocycles. The third-order valence-electron chi connectivity index (χ3n) is 7.54. The van der Waals surface area contributed by atoms with Crippen LogP contribution >= 0.6 is 7.82 Å². The molecule has 0 rings (SSSR count). The molecule has 3 unspecified atom stereocenters. The summed E-state index contributed by atoms with van der Waals surface area (Å²) in [6.45, 7) is 3.51. The number of aliphatic hydroxyl groups is 2. The summed E-state index contributed by atoms with van der Waals surface area (Å²) >= 11 is 0. The van der Waals surface area contributed by atoms with Crippen molar-refractivity contribution in [2.75, 3.05) is 33.0 Å². The molecule has 9 nitrogen and oxygen atoms in total. The van der Waals surface area contributed by atoms with E-state index in [0.717, 1.165) is 32.1 Å². The average molecular weight is 639 g/mol. The Labute approximate surface area is 263 Å². The number of ether oxygens (including phenoxy) is 2. The fourth-order valence-corrected chi connectivity index (χ4v) is 5.61. The van der Waals surface area contributed by atoms with E-state index in [2.05, 4.69) is 13.8 Å². The first-order chi connectivity index (χ1) is 20.8. The second-order valence-corrected chi connectivity index (χ2v) is 13.4. The minimum absolute atomic E-state index is 0.0564. The Hall–Kier alpha value is -0.540. The van der Waals surface area contributed by atoms with Gasteiger partial charge in [-0.15, -0.1) is 0 Å². The largest absolute Gasteiger partial charge is 0.472 e. The van der Waals surface area contributed by atoms with Crippen LogP contribution in [0.4, 0.5) is 0 Å². The zero-order valence-electron chi connectivity index (χ0n) is 27.7. The van der Waals surface area contributed by atoms with Crippen LogP contribution in [0, 0.1) is 0 Å². The summed E-state index contributed by atoms with van der Waals surface area (Å²) in [6, 6.07) is 0. The van der Waals surface area contributed by atoms with Crippen molar-refractivity contribution in [3.8, 4) is 0 Å². The first-order valence-electron chi connectivity index (χ1n) is 17.5. The summed E-state index contributed by atoms with van der Waals surface area (Å²) in [4.78, 5) is 22.4. The first-order valence-corrected chi connectivity index (χ1v) is 19.0. The number of unbranched alkanes of at least 4 members (excludes halogenated alkanes) is 20. The van der Waals surface area contributed by atoms with Gasteiger partial charge in [-0.3, -0.25) is 13.8 Å². The van der Waals surface area contributed by atoms with Crippen LogP contribution in [0.25, 0.3) is 0 Å². The lowest BCUT2D eigenvalue weighted by atomic mass is 10.0. The highest BCUT2D eigenvalue weighted by molar-refractivity contribution is 7.47. The predicted molar refractivity (Wildman–Crippen MR) is 173 cm³/mol. The SMILES string of the molecule is CCCCCCCCCCCCCCC(=O)OC(COCCCCCCCCCCCC)COP(=O)(O)OCC(O)CO. The highest BCUT2D eigenvalue weighted by atomic mass is 31.2. The fraction of sp³-hybridized carbons (Fsp3) is 0.970. The van der Waals surface area contributed by atoms with E-state index in [9.17, 15) is 19.4 Å². The molecule has 3 N–H and O–H groups in total. The van der Waals surface area contributed by atoms with Crippen molar-refractivity contribution in [1.29, 1.82) is 0 Å². The molecule has 0 aromatic rings. The number of phosphoric acid groups is 1. The summed E-state index contributed by atoms with van der Waals surface area (Å²) in [7, 11) is -4.49. The molecule has 0 radical (unpaired) electrons. The van der Waals surface area contributed by atoms with E-state index in [0.29, 0.717) is 6.61 Å². The van der Waals surface area contributed by atoms with Gasteiger partial charge in [0.15, 0.2) is 0 Å². The van der Waals surface area contributed by atoms with Gasteiger partial charge < -0.3 is 24.6 Å². The molecule has 0 fully saturated rings. The number of esters is 1. The number of carbonyl (C=O) groups is 1. The van der Waals surface area contributed by atoms with Crippen LogP contribution in [0.1, 0.15) is 162 Å². The second kappa shape index (κ2) is 31.4. The van der Waals surface area contributed by atoms with Crippen molar-refractivity contribution in [3.05, 3.63) is 0 Å². The summed E-state index contributed by atoms with van der Waals surface area (Å²) in [5, 5.41) is 18.2. The van der Waals surface area contributed by atoms with E-state index in [1.807, 2.05) is 0 Å². The Morgan fingerprint density at radius 1 is 0.628 bits per heavy atom. The summed E-state index contributed by atoms with van der Waals surface area (Å²) < 4.78 is 33.1. The zero-order valence-corrected chi connectivity index (χ0v) is 28.6. The molecule has 0 aromatic heterocycles. The number of phosphoric ester groups is 1. The number of hydrogen-bond donors (Lipinski definition) is 3. The molecular weight excluding hydrogens is 571 g/mol. The molecule has 43 heavy (non-hydrogen) atoms. The lowest BCUT2D eigenvalue weighted by Crippen LogP contribution is -2.29. The third kappa shape index (κ3) is 31.2. The Morgan fingerprint density at radius 3 is 1.51 bits per heavy atom. The molecule has 0 aliphatic rings. The number of aliphatic hydroxyl groups excluding tert-OH is 2. The smallest absolute Gasteiger partial charge is 0.457 e. The van der Waals surface area contributed by atoms with E-state index in [4.69, 9.17) is 23.6 Å². The number of rotatable bonds is 34. The van der Waals surface area contributed by atoms with Crippen molar-refractivity contribution in [2.45, 2.75) is 174 Å². The third-order valence-corrected chi connectivity index (χ3v) is 8.49. The highest BCUT2D eigenvalue weighted by Gasteiger charge is 2.26. The average Bonchev–Trinajstić information content (AvgIpc) is 2.99. The second-order valence-electron chi connectivity index (χ2n) is 11.9. The summed E-state index contributed by atoms with van der Waals surface area (Å²) in [5.41, 5.74) is 0. The van der Waals surface area contributed by atoms with Gasteiger partial charge in [0.1, 0.15) is 12.2 Å². The van der Waals surface area contributed by atoms with Crippen molar-refractivity contribution in [1.82, 2.24) is 0 Å². The number of carbonyl (C=O) groups excluding carboxylic acids is 1. The molecule has 0 bridgehead atoms. The van der Waals surface area contributed by atoms with Crippen LogP contribution in [0.3, 0.4) is 0 Å². The minimum atomic E-state index is -4.49. The number of hydrogen-bond acceptors (Lipinski definition) is 8. The van der Waals surface area contributed by atoms with Gasteiger partial charge in [0.05, 0.1) is 26.4 Å². The van der Waals surface area contributed by atoms with Crippen molar-refractivity contribution >= 4 is 13.8 Å². The van der Waals surface area contributed by atoms with E-state index < -0.39 is 33.2 Å². The van der Waals surface area contributed by atoms with Crippen molar-refractivity contribution in [2.24, 2.45) is 0 Å². The first kappa shape index (κ1) is 42.5. The van der Waals surface area contributed by atoms with Gasteiger partial charge in [0.2, 0.25) is 0 Å². The van der Waals surface area contributed by atoms with Gasteiger partial charge in [-0.05, 0) is 12.8 Å². The Kier molecular flexibility index (Phi) is 31.0. The van der Waals surface area contributed by atoms with Crippen LogP contribution in [-0.2, 0) is 27.9 Å². The van der Waals surface area contributed by atoms with Crippen LogP contribution in [-0.4, -0.2) is 66.3 Å². The molecule has 0 saturated carbocycles. The van der Waals surface area contributed by atoms with Crippen LogP contribution in [0.15, 0.2) is 0 Å². The van der Waals surface area contributed by atoms with Gasteiger partial charge in [-0.25, -0.2) is 4.57 Å². The van der Waals surface area contributed by atoms with Crippen LogP contribution in [0.2, 0.25) is 0 Å². The standard InChI is InChI=1S/C33H67O9P/c1-3-5-7-9-11-13-15-16-17-19-21-23-25-33(36)42-32(30-41-43(37,38)40-28-31(35)27-34)29-39-26-24-22-20-18-14-12-10-8-6-4-2/h31-32,34-35H,3-30H2,1-2H3,(H,37,38). The van der Waals surface area contributed by atoms with Crippen LogP contribution in [0.5, 0.6) is 0 Å². The molecule has 0 aromatic carbocycles. The molecule has 258 valence electrons. The molecule has 0 amide bonds. The molecule has 0 spiro atoms. The van der Waals surface area contributed by atoms with Crippen molar-refractivity contribution < 1.29 is 43.0 Å². The van der Waals surface area contributed by atoms with E-state index in [1.165, 1.54) is 109 Å². The monoisotopic (exact) mass is 638 g/mol. The predicted octanol–water partition coefficient (Wildman–Crippen LogP) is 8.41. The van der Waals surface area contributed by atoms with Gasteiger partial charge in [-0.2, -0.15) is 0 Å². The lowest BCUT2D eigenvalue weighted by Gasteiger charge is -2.20. The molecule has 0 saturated heterocycles. The fourth-order valence-electron chi connectivity index (χ4n) is 4.83. The van der Waals surface area contributed by atoms with Crippen LogP contribution < -0.4 is 0 Å². The quantitative estimate of drug-likeness (QED) is 0.0361. The highest BCUT2D eigenvalue weighted by Crippen LogP contribution is 2.43. The molecule has 0 aliphatic heterocycles. The van der Waals surface area contributed by atoms with Gasteiger partial charge in [0.25, 0.3) is 0 Å². The zero-order chi connectivity index (χ0) is 31.9. The summed E-state index contributed by atoms with van der Waals surface area (Å²) in [6.07, 6.45) is 24.8. The molecular formula is C33H67O9P. The minimum Gasteiger partial charge on any atom is -0.457 e. The van der Waals surface area contributed by atoms with Gasteiger partial charge >= 0.3 is 13.8 Å². The normalized spacial score (nSPS) is 14.4. The van der Waals surface area contributed by atoms with E-state index in [1.54, 1.807) is 0 Å². The lowest BCUT2D eigenvalue weighted by molar-refractivity contribution is -0.154. The Morgan fingerprint density at radius 2 is 1.05 bits per heavy atom. The van der Waals surface area contributed by atoms with E-state index in [-0.39, 0.29) is 25.6 Å². The van der Waals surface area contributed by atoms with Gasteiger partial charge in [0, 0.05) is 13.0 Å². The summed E-state index contributed by atoms with van der Waals surface area (Å²) in [5.74, 6) is -0.382. The molecule has 3 atom stereocenters. The molecule has 10 heteroatoms. The van der Waals surface area contributed by atoms with E-state index >= 15 is 0 Å². The Balaban J connectivity index is 4.25. The maximum absolute atomic E-state index is 12.5. The van der Waals surface area contributed by atoms with Crippen molar-refractivity contribution in [3.63, 3.8) is 0 Å². The topological polar surface area (TPSA) is 132 Å². The molecule has 0 aliphatic carbocycles. The maximum atomic E-state index is 12.5.